The van der Waals surface area contributed by atoms with Crippen LogP contribution in [0, 0.1) is 0 Å². The van der Waals surface area contributed by atoms with Crippen LogP contribution in [-0.2, 0) is 14.2 Å². The van der Waals surface area contributed by atoms with Crippen LogP contribution in [0.4, 0.5) is 5.69 Å². The van der Waals surface area contributed by atoms with E-state index >= 15 is 0 Å². The number of ether oxygens (including phenoxy) is 5. The Morgan fingerprint density at radius 1 is 1.00 bits per heavy atom. The van der Waals surface area contributed by atoms with E-state index in [1.165, 1.54) is 13.2 Å². The van der Waals surface area contributed by atoms with Crippen molar-refractivity contribution in [3.8, 4) is 11.5 Å². The third-order valence-corrected chi connectivity index (χ3v) is 2.86. The predicted octanol–water partition coefficient (Wildman–Crippen LogP) is 0.860. The van der Waals surface area contributed by atoms with E-state index in [0.717, 1.165) is 0 Å². The number of nitrogen functional groups attached to an aromatic ring is 1. The molecule has 0 aromatic heterocycles. The van der Waals surface area contributed by atoms with Gasteiger partial charge in [-0.15, -0.1) is 0 Å². The molecule has 0 saturated carbocycles. The molecule has 116 valence electrons. The van der Waals surface area contributed by atoms with E-state index < -0.39 is 5.97 Å². The summed E-state index contributed by atoms with van der Waals surface area (Å²) < 4.78 is 26.5. The molecule has 1 aromatic rings. The summed E-state index contributed by atoms with van der Waals surface area (Å²) in [6.07, 6.45) is 0. The number of carbonyl (C=O) groups is 1. The lowest BCUT2D eigenvalue weighted by Gasteiger charge is -2.16. The standard InChI is InChI=1S/C14H19NO6/c1-17-14(16)10-8-12-13(9-11(10)15)21-7-5-19-3-2-18-4-6-20-12/h8-9H,2-7,15H2,1H3. The molecular weight excluding hydrogens is 278 g/mol. The molecule has 0 amide bonds. The minimum atomic E-state index is -0.524. The summed E-state index contributed by atoms with van der Waals surface area (Å²) in [5, 5.41) is 0. The molecule has 7 nitrogen and oxygen atoms in total. The highest BCUT2D eigenvalue weighted by atomic mass is 16.6. The van der Waals surface area contributed by atoms with Gasteiger partial charge < -0.3 is 29.4 Å². The molecule has 0 radical (unpaired) electrons. The zero-order chi connectivity index (χ0) is 15.1. The first-order valence-corrected chi connectivity index (χ1v) is 6.65. The van der Waals surface area contributed by atoms with Crippen molar-refractivity contribution >= 4 is 11.7 Å². The molecule has 21 heavy (non-hydrogen) atoms. The van der Waals surface area contributed by atoms with E-state index in [4.69, 9.17) is 24.7 Å². The molecule has 0 fully saturated rings. The number of hydrogen-bond acceptors (Lipinski definition) is 7. The lowest BCUT2D eigenvalue weighted by atomic mass is 10.1. The van der Waals surface area contributed by atoms with Gasteiger partial charge in [0.05, 0.1) is 44.8 Å². The number of benzene rings is 1. The van der Waals surface area contributed by atoms with Crippen molar-refractivity contribution in [2.75, 3.05) is 52.5 Å². The third-order valence-electron chi connectivity index (χ3n) is 2.86. The predicted molar refractivity (Wildman–Crippen MR) is 74.8 cm³/mol. The van der Waals surface area contributed by atoms with E-state index in [1.54, 1.807) is 6.07 Å². The van der Waals surface area contributed by atoms with E-state index in [0.29, 0.717) is 51.1 Å². The summed E-state index contributed by atoms with van der Waals surface area (Å²) in [5.41, 5.74) is 6.36. The van der Waals surface area contributed by atoms with Crippen LogP contribution in [0.3, 0.4) is 0 Å². The number of methoxy groups -OCH3 is 1. The Morgan fingerprint density at radius 3 is 2.10 bits per heavy atom. The van der Waals surface area contributed by atoms with Gasteiger partial charge in [0.15, 0.2) is 11.5 Å². The first-order chi connectivity index (χ1) is 10.2. The summed E-state index contributed by atoms with van der Waals surface area (Å²) >= 11 is 0. The number of anilines is 1. The van der Waals surface area contributed by atoms with Gasteiger partial charge in [-0.2, -0.15) is 0 Å². The molecule has 0 spiro atoms. The average Bonchev–Trinajstić information content (AvgIpc) is 2.48. The van der Waals surface area contributed by atoms with Crippen LogP contribution in [0.1, 0.15) is 10.4 Å². The molecule has 1 aliphatic rings. The lowest BCUT2D eigenvalue weighted by molar-refractivity contribution is 0.0223. The van der Waals surface area contributed by atoms with Crippen LogP contribution in [0.5, 0.6) is 11.5 Å². The van der Waals surface area contributed by atoms with Gasteiger partial charge in [-0.1, -0.05) is 0 Å². The topological polar surface area (TPSA) is 89.2 Å². The van der Waals surface area contributed by atoms with Crippen molar-refractivity contribution < 1.29 is 28.5 Å². The number of esters is 1. The zero-order valence-electron chi connectivity index (χ0n) is 11.9. The number of hydrogen-bond donors (Lipinski definition) is 1. The Hall–Kier alpha value is -1.99. The van der Waals surface area contributed by atoms with Crippen LogP contribution in [0.25, 0.3) is 0 Å². The molecular formula is C14H19NO6. The number of carbonyl (C=O) groups excluding carboxylic acids is 1. The minimum Gasteiger partial charge on any atom is -0.487 e. The molecule has 1 heterocycles. The summed E-state index contributed by atoms with van der Waals surface area (Å²) in [5.74, 6) is 0.364. The third kappa shape index (κ3) is 4.24. The fourth-order valence-corrected chi connectivity index (χ4v) is 1.83. The largest absolute Gasteiger partial charge is 0.487 e. The second-order valence-electron chi connectivity index (χ2n) is 4.30. The quantitative estimate of drug-likeness (QED) is 0.607. The van der Waals surface area contributed by atoms with Gasteiger partial charge in [-0.3, -0.25) is 0 Å². The first-order valence-electron chi connectivity index (χ1n) is 6.65. The van der Waals surface area contributed by atoms with Crippen molar-refractivity contribution in [3.05, 3.63) is 17.7 Å². The normalized spacial score (nSPS) is 16.4. The van der Waals surface area contributed by atoms with E-state index in [9.17, 15) is 4.79 Å². The highest BCUT2D eigenvalue weighted by molar-refractivity contribution is 5.96. The molecule has 0 aliphatic carbocycles. The smallest absolute Gasteiger partial charge is 0.340 e. The molecule has 7 heteroatoms. The summed E-state index contributed by atoms with van der Waals surface area (Å²) in [4.78, 5) is 11.7. The Balaban J connectivity index is 2.23. The average molecular weight is 297 g/mol. The fourth-order valence-electron chi connectivity index (χ4n) is 1.83. The number of fused-ring (bicyclic) bond motifs is 1. The molecule has 0 atom stereocenters. The van der Waals surface area contributed by atoms with Gasteiger partial charge in [0, 0.05) is 12.1 Å². The SMILES string of the molecule is COC(=O)c1cc2c(cc1N)OCCOCCOCCO2. The molecule has 2 rings (SSSR count). The highest BCUT2D eigenvalue weighted by Crippen LogP contribution is 2.33. The maximum atomic E-state index is 11.7. The van der Waals surface area contributed by atoms with Crippen molar-refractivity contribution in [1.82, 2.24) is 0 Å². The van der Waals surface area contributed by atoms with Crippen LogP contribution < -0.4 is 15.2 Å². The number of nitrogens with two attached hydrogens (primary N) is 1. The fraction of sp³-hybridized carbons (Fsp3) is 0.500. The van der Waals surface area contributed by atoms with Gasteiger partial charge in [0.25, 0.3) is 0 Å². The monoisotopic (exact) mass is 297 g/mol. The van der Waals surface area contributed by atoms with Gasteiger partial charge in [0.1, 0.15) is 13.2 Å². The van der Waals surface area contributed by atoms with Crippen LogP contribution in [0.2, 0.25) is 0 Å². The van der Waals surface area contributed by atoms with Crippen LogP contribution in [-0.4, -0.2) is 52.7 Å². The van der Waals surface area contributed by atoms with Crippen molar-refractivity contribution in [2.24, 2.45) is 0 Å². The lowest BCUT2D eigenvalue weighted by Crippen LogP contribution is -2.16. The summed E-state index contributed by atoms with van der Waals surface area (Å²) in [6, 6.07) is 3.07. The number of rotatable bonds is 1. The minimum absolute atomic E-state index is 0.240. The Labute approximate surface area is 122 Å². The Morgan fingerprint density at radius 2 is 1.52 bits per heavy atom. The Kier molecular flexibility index (Phi) is 5.65. The summed E-state index contributed by atoms with van der Waals surface area (Å²) in [6.45, 7) is 2.56. The van der Waals surface area contributed by atoms with E-state index in [2.05, 4.69) is 4.74 Å². The van der Waals surface area contributed by atoms with Crippen molar-refractivity contribution in [3.63, 3.8) is 0 Å². The highest BCUT2D eigenvalue weighted by Gasteiger charge is 2.16. The molecule has 0 unspecified atom stereocenters. The zero-order valence-corrected chi connectivity index (χ0v) is 11.9. The van der Waals surface area contributed by atoms with E-state index in [1.807, 2.05) is 0 Å². The molecule has 1 aliphatic heterocycles. The molecule has 2 N–H and O–H groups in total. The van der Waals surface area contributed by atoms with Gasteiger partial charge in [-0.05, 0) is 0 Å². The first kappa shape index (κ1) is 15.4. The van der Waals surface area contributed by atoms with Crippen LogP contribution >= 0.6 is 0 Å². The second-order valence-corrected chi connectivity index (χ2v) is 4.30. The Bertz CT molecular complexity index is 491. The molecule has 0 saturated heterocycles. The molecule has 0 bridgehead atoms. The van der Waals surface area contributed by atoms with Crippen molar-refractivity contribution in [1.29, 1.82) is 0 Å². The second kappa shape index (κ2) is 7.70. The van der Waals surface area contributed by atoms with E-state index in [-0.39, 0.29) is 11.3 Å². The van der Waals surface area contributed by atoms with Gasteiger partial charge >= 0.3 is 5.97 Å². The van der Waals surface area contributed by atoms with Crippen LogP contribution in [0.15, 0.2) is 12.1 Å². The van der Waals surface area contributed by atoms with Gasteiger partial charge in [-0.25, -0.2) is 4.79 Å². The molecule has 1 aromatic carbocycles. The van der Waals surface area contributed by atoms with Gasteiger partial charge in [0.2, 0.25) is 0 Å². The summed E-state index contributed by atoms with van der Waals surface area (Å²) in [7, 11) is 1.30. The van der Waals surface area contributed by atoms with Crippen molar-refractivity contribution in [2.45, 2.75) is 0 Å². The maximum absolute atomic E-state index is 11.7. The maximum Gasteiger partial charge on any atom is 0.340 e.